The number of nitrogens with two attached hydrogens (primary N) is 1. The van der Waals surface area contributed by atoms with Gasteiger partial charge in [-0.05, 0) is 6.92 Å². The molecule has 1 aromatic rings. The van der Waals surface area contributed by atoms with Crippen molar-refractivity contribution in [2.45, 2.75) is 26.4 Å². The number of nitrogen functional groups attached to an aromatic ring is 1. The lowest BCUT2D eigenvalue weighted by atomic mass is 10.4. The highest BCUT2D eigenvalue weighted by Crippen LogP contribution is 2.12. The van der Waals surface area contributed by atoms with Crippen molar-refractivity contribution < 1.29 is 9.47 Å². The fraction of sp³-hybridized carbons (Fsp3) is 0.600. The molecule has 1 heterocycles. The van der Waals surface area contributed by atoms with Crippen molar-refractivity contribution >= 4 is 5.82 Å². The summed E-state index contributed by atoms with van der Waals surface area (Å²) in [5, 5.41) is 0. The Morgan fingerprint density at radius 1 is 1.47 bits per heavy atom. The van der Waals surface area contributed by atoms with Crippen molar-refractivity contribution in [2.75, 3.05) is 19.5 Å². The molecule has 2 N–H and O–H groups in total. The first-order valence-electron chi connectivity index (χ1n) is 4.94. The third kappa shape index (κ3) is 3.71. The molecule has 0 bridgehead atoms. The van der Waals surface area contributed by atoms with Crippen LogP contribution in [-0.4, -0.2) is 29.8 Å². The third-order valence-corrected chi connectivity index (χ3v) is 1.81. The van der Waals surface area contributed by atoms with E-state index in [0.717, 1.165) is 6.42 Å². The van der Waals surface area contributed by atoms with Crippen molar-refractivity contribution in [3.63, 3.8) is 0 Å². The maximum atomic E-state index is 5.62. The maximum Gasteiger partial charge on any atom is 0.219 e. The number of aryl methyl sites for hydroxylation is 1. The molecule has 0 aliphatic heterocycles. The molecule has 15 heavy (non-hydrogen) atoms. The Morgan fingerprint density at radius 3 is 2.80 bits per heavy atom. The van der Waals surface area contributed by atoms with Crippen LogP contribution in [0.5, 0.6) is 5.88 Å². The Kier molecular flexibility index (Phi) is 4.30. The van der Waals surface area contributed by atoms with Crippen LogP contribution in [0.15, 0.2) is 6.07 Å². The van der Waals surface area contributed by atoms with Crippen molar-refractivity contribution in [1.82, 2.24) is 9.97 Å². The first-order valence-corrected chi connectivity index (χ1v) is 4.94. The minimum atomic E-state index is -0.0472. The molecule has 0 aliphatic rings. The summed E-state index contributed by atoms with van der Waals surface area (Å²) in [6.07, 6.45) is 0.689. The van der Waals surface area contributed by atoms with Crippen molar-refractivity contribution in [3.05, 3.63) is 11.9 Å². The lowest BCUT2D eigenvalue weighted by Crippen LogP contribution is -2.19. The van der Waals surface area contributed by atoms with Crippen LogP contribution in [0, 0.1) is 0 Å². The molecule has 0 fully saturated rings. The fourth-order valence-corrected chi connectivity index (χ4v) is 1.19. The Balaban J connectivity index is 2.71. The second-order valence-corrected chi connectivity index (χ2v) is 3.28. The summed E-state index contributed by atoms with van der Waals surface area (Å²) in [4.78, 5) is 8.27. The molecular weight excluding hydrogens is 194 g/mol. The summed E-state index contributed by atoms with van der Waals surface area (Å²) in [5.74, 6) is 1.62. The number of anilines is 1. The van der Waals surface area contributed by atoms with Crippen LogP contribution in [0.3, 0.4) is 0 Å². The van der Waals surface area contributed by atoms with E-state index < -0.39 is 0 Å². The van der Waals surface area contributed by atoms with Gasteiger partial charge in [-0.3, -0.25) is 0 Å². The molecule has 5 heteroatoms. The van der Waals surface area contributed by atoms with Crippen molar-refractivity contribution in [2.24, 2.45) is 0 Å². The van der Waals surface area contributed by atoms with Crippen LogP contribution in [0.4, 0.5) is 5.82 Å². The van der Waals surface area contributed by atoms with Gasteiger partial charge in [0.25, 0.3) is 0 Å². The van der Waals surface area contributed by atoms with Crippen LogP contribution in [0.2, 0.25) is 0 Å². The van der Waals surface area contributed by atoms with Gasteiger partial charge in [-0.1, -0.05) is 6.92 Å². The zero-order valence-electron chi connectivity index (χ0n) is 9.36. The van der Waals surface area contributed by atoms with Crippen LogP contribution >= 0.6 is 0 Å². The van der Waals surface area contributed by atoms with E-state index in [9.17, 15) is 0 Å². The Morgan fingerprint density at radius 2 is 2.20 bits per heavy atom. The fourth-order valence-electron chi connectivity index (χ4n) is 1.19. The minimum absolute atomic E-state index is 0.0472. The molecule has 0 spiro atoms. The first kappa shape index (κ1) is 11.7. The first-order chi connectivity index (χ1) is 7.15. The number of ether oxygens (including phenoxy) is 2. The number of hydrogen-bond donors (Lipinski definition) is 1. The van der Waals surface area contributed by atoms with E-state index in [1.165, 1.54) is 0 Å². The SMILES string of the molecule is CCc1nc(N)cc(OC(C)COC)n1. The van der Waals surface area contributed by atoms with Crippen molar-refractivity contribution in [1.29, 1.82) is 0 Å². The second-order valence-electron chi connectivity index (χ2n) is 3.28. The number of nitrogens with zero attached hydrogens (tertiary/aromatic N) is 2. The largest absolute Gasteiger partial charge is 0.472 e. The number of aromatic nitrogens is 2. The third-order valence-electron chi connectivity index (χ3n) is 1.81. The lowest BCUT2D eigenvalue weighted by Gasteiger charge is -2.13. The van der Waals surface area contributed by atoms with E-state index in [4.69, 9.17) is 15.2 Å². The Hall–Kier alpha value is -1.36. The smallest absolute Gasteiger partial charge is 0.219 e. The van der Waals surface area contributed by atoms with Gasteiger partial charge in [-0.15, -0.1) is 0 Å². The zero-order valence-corrected chi connectivity index (χ0v) is 9.36. The molecular formula is C10H17N3O2. The van der Waals surface area contributed by atoms with Crippen LogP contribution in [0.25, 0.3) is 0 Å². The van der Waals surface area contributed by atoms with Gasteiger partial charge in [-0.2, -0.15) is 4.98 Å². The van der Waals surface area contributed by atoms with E-state index >= 15 is 0 Å². The van der Waals surface area contributed by atoms with Gasteiger partial charge in [0.2, 0.25) is 5.88 Å². The summed E-state index contributed by atoms with van der Waals surface area (Å²) in [5.41, 5.74) is 5.62. The molecule has 1 atom stereocenters. The molecule has 0 saturated carbocycles. The topological polar surface area (TPSA) is 70.3 Å². The van der Waals surface area contributed by atoms with Crippen LogP contribution in [0.1, 0.15) is 19.7 Å². The summed E-state index contributed by atoms with van der Waals surface area (Å²) in [7, 11) is 1.63. The van der Waals surface area contributed by atoms with E-state index in [0.29, 0.717) is 24.1 Å². The van der Waals surface area contributed by atoms with Gasteiger partial charge in [0.05, 0.1) is 6.61 Å². The second kappa shape index (κ2) is 5.50. The molecule has 0 radical (unpaired) electrons. The molecule has 1 unspecified atom stereocenters. The van der Waals surface area contributed by atoms with Gasteiger partial charge in [0.15, 0.2) is 0 Å². The zero-order chi connectivity index (χ0) is 11.3. The highest BCUT2D eigenvalue weighted by atomic mass is 16.5. The Labute approximate surface area is 89.6 Å². The van der Waals surface area contributed by atoms with Crippen molar-refractivity contribution in [3.8, 4) is 5.88 Å². The molecule has 84 valence electrons. The van der Waals surface area contributed by atoms with E-state index in [2.05, 4.69) is 9.97 Å². The lowest BCUT2D eigenvalue weighted by molar-refractivity contribution is 0.0888. The van der Waals surface area contributed by atoms with Gasteiger partial charge in [-0.25, -0.2) is 4.98 Å². The predicted octanol–water partition coefficient (Wildman–Crippen LogP) is 1.03. The van der Waals surface area contributed by atoms with Crippen LogP contribution in [-0.2, 0) is 11.2 Å². The van der Waals surface area contributed by atoms with E-state index in [1.807, 2.05) is 13.8 Å². The molecule has 0 amide bonds. The summed E-state index contributed by atoms with van der Waals surface area (Å²) in [6.45, 7) is 4.40. The van der Waals surface area contributed by atoms with E-state index in [1.54, 1.807) is 13.2 Å². The molecule has 0 aromatic carbocycles. The normalized spacial score (nSPS) is 12.5. The van der Waals surface area contributed by atoms with Gasteiger partial charge < -0.3 is 15.2 Å². The molecule has 1 rings (SSSR count). The number of rotatable bonds is 5. The highest BCUT2D eigenvalue weighted by Gasteiger charge is 2.07. The summed E-state index contributed by atoms with van der Waals surface area (Å²) in [6, 6.07) is 1.62. The number of methoxy groups -OCH3 is 1. The van der Waals surface area contributed by atoms with Gasteiger partial charge in [0, 0.05) is 19.6 Å². The van der Waals surface area contributed by atoms with Gasteiger partial charge >= 0.3 is 0 Å². The standard InChI is InChI=1S/C10H17N3O2/c1-4-9-12-8(11)5-10(13-9)15-7(2)6-14-3/h5,7H,4,6H2,1-3H3,(H2,11,12,13). The monoisotopic (exact) mass is 211 g/mol. The minimum Gasteiger partial charge on any atom is -0.472 e. The average molecular weight is 211 g/mol. The maximum absolute atomic E-state index is 5.62. The highest BCUT2D eigenvalue weighted by molar-refractivity contribution is 5.32. The summed E-state index contributed by atoms with van der Waals surface area (Å²) >= 11 is 0. The number of hydrogen-bond acceptors (Lipinski definition) is 5. The Bertz CT molecular complexity index is 318. The van der Waals surface area contributed by atoms with E-state index in [-0.39, 0.29) is 6.10 Å². The van der Waals surface area contributed by atoms with Gasteiger partial charge in [0.1, 0.15) is 17.7 Å². The van der Waals surface area contributed by atoms with Crippen LogP contribution < -0.4 is 10.5 Å². The molecule has 0 saturated heterocycles. The summed E-state index contributed by atoms with van der Waals surface area (Å²) < 4.78 is 10.5. The average Bonchev–Trinajstić information content (AvgIpc) is 2.17. The molecule has 0 aliphatic carbocycles. The molecule has 5 nitrogen and oxygen atoms in total. The molecule has 1 aromatic heterocycles. The quantitative estimate of drug-likeness (QED) is 0.787. The predicted molar refractivity (Wildman–Crippen MR) is 57.8 cm³/mol.